The SMILES string of the molecule is CCCCCC(=O)C(=O)C(C)(C)F. The molecule has 0 aliphatic rings. The molecule has 0 amide bonds. The molecule has 0 radical (unpaired) electrons. The van der Waals surface area contributed by atoms with Gasteiger partial charge in [-0.25, -0.2) is 4.39 Å². The van der Waals surface area contributed by atoms with Crippen molar-refractivity contribution in [3.05, 3.63) is 0 Å². The van der Waals surface area contributed by atoms with Crippen LogP contribution in [0.5, 0.6) is 0 Å². The molecular formula is C10H17FO2. The molecule has 0 spiro atoms. The summed E-state index contributed by atoms with van der Waals surface area (Å²) >= 11 is 0. The number of halogens is 1. The van der Waals surface area contributed by atoms with E-state index in [-0.39, 0.29) is 6.42 Å². The molecule has 0 saturated carbocycles. The van der Waals surface area contributed by atoms with Gasteiger partial charge in [-0.15, -0.1) is 0 Å². The van der Waals surface area contributed by atoms with Gasteiger partial charge < -0.3 is 0 Å². The van der Waals surface area contributed by atoms with Crippen LogP contribution in [-0.2, 0) is 9.59 Å². The number of rotatable bonds is 6. The van der Waals surface area contributed by atoms with Gasteiger partial charge in [-0.3, -0.25) is 9.59 Å². The second-order valence-corrected chi connectivity index (χ2v) is 3.68. The van der Waals surface area contributed by atoms with Gasteiger partial charge in [-0.05, 0) is 20.3 Å². The Balaban J connectivity index is 3.92. The summed E-state index contributed by atoms with van der Waals surface area (Å²) in [6.45, 7) is 4.24. The van der Waals surface area contributed by atoms with Crippen molar-refractivity contribution in [3.63, 3.8) is 0 Å². The van der Waals surface area contributed by atoms with Crippen molar-refractivity contribution in [2.24, 2.45) is 0 Å². The third-order valence-electron chi connectivity index (χ3n) is 1.80. The van der Waals surface area contributed by atoms with Crippen LogP contribution < -0.4 is 0 Å². The van der Waals surface area contributed by atoms with E-state index in [9.17, 15) is 14.0 Å². The van der Waals surface area contributed by atoms with E-state index in [0.29, 0.717) is 6.42 Å². The maximum atomic E-state index is 13.0. The van der Waals surface area contributed by atoms with Crippen LogP contribution in [0.15, 0.2) is 0 Å². The lowest BCUT2D eigenvalue weighted by Crippen LogP contribution is -2.33. The second-order valence-electron chi connectivity index (χ2n) is 3.68. The third-order valence-corrected chi connectivity index (χ3v) is 1.80. The summed E-state index contributed by atoms with van der Waals surface area (Å²) in [6.07, 6.45) is 2.75. The number of unbranched alkanes of at least 4 members (excludes halogenated alkanes) is 2. The maximum absolute atomic E-state index is 13.0. The van der Waals surface area contributed by atoms with Crippen LogP contribution in [0, 0.1) is 0 Å². The zero-order chi connectivity index (χ0) is 10.5. The minimum absolute atomic E-state index is 0.181. The van der Waals surface area contributed by atoms with Gasteiger partial charge in [-0.1, -0.05) is 19.8 Å². The fourth-order valence-corrected chi connectivity index (χ4v) is 0.981. The Kier molecular flexibility index (Phi) is 4.81. The van der Waals surface area contributed by atoms with Crippen molar-refractivity contribution in [1.29, 1.82) is 0 Å². The predicted molar refractivity (Wildman–Crippen MR) is 49.3 cm³/mol. The van der Waals surface area contributed by atoms with Crippen LogP contribution in [0.3, 0.4) is 0 Å². The van der Waals surface area contributed by atoms with Crippen LogP contribution in [0.25, 0.3) is 0 Å². The van der Waals surface area contributed by atoms with Crippen molar-refractivity contribution in [3.8, 4) is 0 Å². The van der Waals surface area contributed by atoms with E-state index in [2.05, 4.69) is 0 Å². The Morgan fingerprint density at radius 3 is 2.15 bits per heavy atom. The van der Waals surface area contributed by atoms with Gasteiger partial charge in [0.15, 0.2) is 5.67 Å². The highest BCUT2D eigenvalue weighted by atomic mass is 19.1. The number of alkyl halides is 1. The quantitative estimate of drug-likeness (QED) is 0.474. The summed E-state index contributed by atoms with van der Waals surface area (Å²) in [4.78, 5) is 22.1. The first-order valence-electron chi connectivity index (χ1n) is 4.66. The van der Waals surface area contributed by atoms with Gasteiger partial charge in [-0.2, -0.15) is 0 Å². The molecule has 0 aromatic carbocycles. The molecule has 0 bridgehead atoms. The van der Waals surface area contributed by atoms with E-state index < -0.39 is 17.2 Å². The van der Waals surface area contributed by atoms with E-state index >= 15 is 0 Å². The third kappa shape index (κ3) is 4.76. The van der Waals surface area contributed by atoms with Crippen LogP contribution in [0.2, 0.25) is 0 Å². The van der Waals surface area contributed by atoms with Crippen molar-refractivity contribution in [2.75, 3.05) is 0 Å². The maximum Gasteiger partial charge on any atom is 0.234 e. The van der Waals surface area contributed by atoms with Gasteiger partial charge in [0.2, 0.25) is 11.6 Å². The molecule has 0 aliphatic heterocycles. The lowest BCUT2D eigenvalue weighted by atomic mass is 9.98. The fraction of sp³-hybridized carbons (Fsp3) is 0.800. The van der Waals surface area contributed by atoms with Gasteiger partial charge >= 0.3 is 0 Å². The summed E-state index contributed by atoms with van der Waals surface area (Å²) in [6, 6.07) is 0. The molecule has 76 valence electrons. The monoisotopic (exact) mass is 188 g/mol. The zero-order valence-corrected chi connectivity index (χ0v) is 8.52. The molecule has 3 heteroatoms. The Labute approximate surface area is 78.5 Å². The van der Waals surface area contributed by atoms with E-state index in [0.717, 1.165) is 26.7 Å². The Hall–Kier alpha value is -0.730. The smallest absolute Gasteiger partial charge is 0.234 e. The zero-order valence-electron chi connectivity index (χ0n) is 8.52. The first-order chi connectivity index (χ1) is 5.89. The largest absolute Gasteiger partial charge is 0.291 e. The van der Waals surface area contributed by atoms with Crippen LogP contribution >= 0.6 is 0 Å². The Bertz CT molecular complexity index is 192. The fourth-order valence-electron chi connectivity index (χ4n) is 0.981. The van der Waals surface area contributed by atoms with Gasteiger partial charge in [0.05, 0.1) is 0 Å². The molecule has 0 atom stereocenters. The minimum Gasteiger partial charge on any atom is -0.291 e. The first-order valence-corrected chi connectivity index (χ1v) is 4.66. The lowest BCUT2D eigenvalue weighted by molar-refractivity contribution is -0.142. The average Bonchev–Trinajstić information content (AvgIpc) is 2.01. The molecule has 0 N–H and O–H groups in total. The summed E-state index contributed by atoms with van der Waals surface area (Å²) < 4.78 is 13.0. The molecule has 0 saturated heterocycles. The molecule has 0 aliphatic carbocycles. The molecule has 13 heavy (non-hydrogen) atoms. The molecular weight excluding hydrogens is 171 g/mol. The molecule has 0 rings (SSSR count). The molecule has 2 nitrogen and oxygen atoms in total. The highest BCUT2D eigenvalue weighted by molar-refractivity contribution is 6.39. The number of Topliss-reactive ketones (excluding diaryl/α,β-unsaturated/α-hetero) is 2. The average molecular weight is 188 g/mol. The summed E-state index contributed by atoms with van der Waals surface area (Å²) in [7, 11) is 0. The molecule has 0 aromatic rings. The van der Waals surface area contributed by atoms with Crippen molar-refractivity contribution in [1.82, 2.24) is 0 Å². The van der Waals surface area contributed by atoms with Gasteiger partial charge in [0, 0.05) is 6.42 Å². The number of carbonyl (C=O) groups excluding carboxylic acids is 2. The highest BCUT2D eigenvalue weighted by Crippen LogP contribution is 2.12. The Morgan fingerprint density at radius 1 is 1.23 bits per heavy atom. The van der Waals surface area contributed by atoms with Crippen molar-refractivity contribution < 1.29 is 14.0 Å². The molecule has 0 unspecified atom stereocenters. The first kappa shape index (κ1) is 12.3. The van der Waals surface area contributed by atoms with E-state index in [1.807, 2.05) is 6.92 Å². The van der Waals surface area contributed by atoms with Crippen LogP contribution in [0.1, 0.15) is 46.5 Å². The number of hydrogen-bond acceptors (Lipinski definition) is 2. The van der Waals surface area contributed by atoms with Gasteiger partial charge in [0.1, 0.15) is 0 Å². The van der Waals surface area contributed by atoms with E-state index in [4.69, 9.17) is 0 Å². The highest BCUT2D eigenvalue weighted by Gasteiger charge is 2.31. The van der Waals surface area contributed by atoms with Crippen LogP contribution in [0.4, 0.5) is 4.39 Å². The molecule has 0 aromatic heterocycles. The Morgan fingerprint density at radius 2 is 1.77 bits per heavy atom. The van der Waals surface area contributed by atoms with Crippen LogP contribution in [-0.4, -0.2) is 17.2 Å². The number of ketones is 2. The predicted octanol–water partition coefficient (Wildman–Crippen LogP) is 2.45. The minimum atomic E-state index is -2.01. The molecule has 0 fully saturated rings. The number of hydrogen-bond donors (Lipinski definition) is 0. The lowest BCUT2D eigenvalue weighted by Gasteiger charge is -2.10. The van der Waals surface area contributed by atoms with E-state index in [1.165, 1.54) is 0 Å². The number of carbonyl (C=O) groups is 2. The normalized spacial score (nSPS) is 11.4. The van der Waals surface area contributed by atoms with Crippen molar-refractivity contribution >= 4 is 11.6 Å². The molecule has 0 heterocycles. The second kappa shape index (κ2) is 5.10. The van der Waals surface area contributed by atoms with Crippen molar-refractivity contribution in [2.45, 2.75) is 52.1 Å². The summed E-state index contributed by atoms with van der Waals surface area (Å²) in [5, 5.41) is 0. The standard InChI is InChI=1S/C10H17FO2/c1-4-5-6-7-8(12)9(13)10(2,3)11/h4-7H2,1-3H3. The van der Waals surface area contributed by atoms with E-state index in [1.54, 1.807) is 0 Å². The summed E-state index contributed by atoms with van der Waals surface area (Å²) in [5.74, 6) is -1.48. The van der Waals surface area contributed by atoms with Gasteiger partial charge in [0.25, 0.3) is 0 Å². The summed E-state index contributed by atoms with van der Waals surface area (Å²) in [5.41, 5.74) is -2.01. The topological polar surface area (TPSA) is 34.1 Å².